The van der Waals surface area contributed by atoms with Gasteiger partial charge >= 0.3 is 6.03 Å². The van der Waals surface area contributed by atoms with Crippen LogP contribution >= 0.6 is 0 Å². The Morgan fingerprint density at radius 1 is 1.39 bits per heavy atom. The van der Waals surface area contributed by atoms with Crippen molar-refractivity contribution in [2.75, 3.05) is 6.54 Å². The van der Waals surface area contributed by atoms with E-state index in [-0.39, 0.29) is 24.4 Å². The zero-order valence-corrected chi connectivity index (χ0v) is 13.1. The highest BCUT2D eigenvalue weighted by molar-refractivity contribution is 5.74. The summed E-state index contributed by atoms with van der Waals surface area (Å²) in [4.78, 5) is 18.5. The molecule has 0 saturated carbocycles. The van der Waals surface area contributed by atoms with Gasteiger partial charge in [0.25, 0.3) is 0 Å². The summed E-state index contributed by atoms with van der Waals surface area (Å²) in [7, 11) is 0. The van der Waals surface area contributed by atoms with Crippen molar-refractivity contribution in [1.29, 1.82) is 0 Å². The number of aromatic amines is 1. The zero-order valence-electron chi connectivity index (χ0n) is 13.1. The molecule has 1 aromatic carbocycles. The molecule has 0 unspecified atom stereocenters. The molecule has 3 rings (SSSR count). The number of hydrogen-bond donors (Lipinski definition) is 2. The molecule has 0 spiro atoms. The predicted molar refractivity (Wildman–Crippen MR) is 83.1 cm³/mol. The Hall–Kier alpha value is -2.44. The fraction of sp³-hybridized carbons (Fsp3) is 0.438. The van der Waals surface area contributed by atoms with Crippen molar-refractivity contribution in [3.05, 3.63) is 47.3 Å². The van der Waals surface area contributed by atoms with Crippen molar-refractivity contribution in [3.8, 4) is 0 Å². The quantitative estimate of drug-likeness (QED) is 0.914. The topological polar surface area (TPSA) is 73.9 Å². The maximum atomic E-state index is 13.1. The molecule has 2 aromatic rings. The van der Waals surface area contributed by atoms with Crippen molar-refractivity contribution in [3.63, 3.8) is 0 Å². The lowest BCUT2D eigenvalue weighted by molar-refractivity contribution is 0.151. The summed E-state index contributed by atoms with van der Waals surface area (Å²) in [5.74, 6) is 1.02. The number of likely N-dealkylation sites (tertiary alicyclic amines) is 1. The molecule has 1 aromatic heterocycles. The number of H-pyrrole nitrogens is 1. The van der Waals surface area contributed by atoms with E-state index in [0.29, 0.717) is 12.4 Å². The smallest absolute Gasteiger partial charge is 0.318 e. The number of amides is 2. The maximum Gasteiger partial charge on any atom is 0.318 e. The monoisotopic (exact) mass is 317 g/mol. The average molecular weight is 317 g/mol. The Kier molecular flexibility index (Phi) is 4.55. The predicted octanol–water partition coefficient (Wildman–Crippen LogP) is 2.69. The van der Waals surface area contributed by atoms with Crippen molar-refractivity contribution in [1.82, 2.24) is 25.4 Å². The molecule has 1 saturated heterocycles. The van der Waals surface area contributed by atoms with Gasteiger partial charge < -0.3 is 10.2 Å². The third-order valence-corrected chi connectivity index (χ3v) is 4.06. The Labute approximate surface area is 134 Å². The highest BCUT2D eigenvalue weighted by atomic mass is 19.1. The van der Waals surface area contributed by atoms with Crippen LogP contribution in [0.3, 0.4) is 0 Å². The van der Waals surface area contributed by atoms with Crippen molar-refractivity contribution in [2.45, 2.75) is 38.8 Å². The summed E-state index contributed by atoms with van der Waals surface area (Å²) in [6, 6.07) is 6.24. The summed E-state index contributed by atoms with van der Waals surface area (Å²) < 4.78 is 13.1. The summed E-state index contributed by atoms with van der Waals surface area (Å²) in [5.41, 5.74) is 0.968. The number of hydrogen-bond acceptors (Lipinski definition) is 3. The second-order valence-corrected chi connectivity index (χ2v) is 5.75. The molecule has 1 fully saturated rings. The van der Waals surface area contributed by atoms with Crippen LogP contribution in [-0.2, 0) is 6.54 Å². The molecular formula is C16H20FN5O. The van der Waals surface area contributed by atoms with Gasteiger partial charge in [0.1, 0.15) is 11.6 Å². The van der Waals surface area contributed by atoms with Gasteiger partial charge in [0.2, 0.25) is 0 Å². The Balaban J connectivity index is 1.67. The van der Waals surface area contributed by atoms with Crippen LogP contribution in [0.4, 0.5) is 9.18 Å². The second-order valence-electron chi connectivity index (χ2n) is 5.75. The van der Waals surface area contributed by atoms with E-state index in [9.17, 15) is 9.18 Å². The van der Waals surface area contributed by atoms with Crippen molar-refractivity contribution < 1.29 is 9.18 Å². The van der Waals surface area contributed by atoms with Crippen LogP contribution in [-0.4, -0.2) is 32.7 Å². The molecule has 2 heterocycles. The lowest BCUT2D eigenvalue weighted by Crippen LogP contribution is -2.44. The standard InChI is InChI=1S/C16H20FN5O/c1-11-19-15(21-20-11)10-18-16(23)22-9-3-2-4-14(22)12-5-7-13(17)8-6-12/h5-8,14H,2-4,9-10H2,1H3,(H,18,23)(H,19,20,21)/t14-/m0/s1. The lowest BCUT2D eigenvalue weighted by atomic mass is 9.95. The van der Waals surface area contributed by atoms with Crippen LogP contribution in [0.25, 0.3) is 0 Å². The maximum absolute atomic E-state index is 13.1. The number of halogens is 1. The van der Waals surface area contributed by atoms with Gasteiger partial charge in [-0.2, -0.15) is 5.10 Å². The number of nitrogens with one attached hydrogen (secondary N) is 2. The molecule has 1 aliphatic heterocycles. The molecule has 2 amide bonds. The first-order valence-corrected chi connectivity index (χ1v) is 7.81. The summed E-state index contributed by atoms with van der Waals surface area (Å²) >= 11 is 0. The number of aromatic nitrogens is 3. The Morgan fingerprint density at radius 2 is 2.17 bits per heavy atom. The van der Waals surface area contributed by atoms with E-state index in [1.165, 1.54) is 12.1 Å². The van der Waals surface area contributed by atoms with Crippen LogP contribution < -0.4 is 5.32 Å². The van der Waals surface area contributed by atoms with Gasteiger partial charge in [0, 0.05) is 6.54 Å². The first-order valence-electron chi connectivity index (χ1n) is 7.81. The zero-order chi connectivity index (χ0) is 16.2. The number of carbonyl (C=O) groups is 1. The minimum Gasteiger partial charge on any atom is -0.331 e. The third-order valence-electron chi connectivity index (χ3n) is 4.06. The van der Waals surface area contributed by atoms with Crippen molar-refractivity contribution in [2.24, 2.45) is 0 Å². The highest BCUT2D eigenvalue weighted by Crippen LogP contribution is 2.30. The van der Waals surface area contributed by atoms with Gasteiger partial charge in [-0.25, -0.2) is 14.2 Å². The summed E-state index contributed by atoms with van der Waals surface area (Å²) in [6.07, 6.45) is 2.93. The molecule has 1 atom stereocenters. The fourth-order valence-electron chi connectivity index (χ4n) is 2.93. The molecule has 0 radical (unpaired) electrons. The minimum atomic E-state index is -0.263. The van der Waals surface area contributed by atoms with Crippen LogP contribution in [0.2, 0.25) is 0 Å². The van der Waals surface area contributed by atoms with E-state index in [1.54, 1.807) is 12.1 Å². The van der Waals surface area contributed by atoms with E-state index >= 15 is 0 Å². The molecule has 2 N–H and O–H groups in total. The van der Waals surface area contributed by atoms with Crippen molar-refractivity contribution >= 4 is 6.03 Å². The van der Waals surface area contributed by atoms with Crippen LogP contribution in [0.15, 0.2) is 24.3 Å². The van der Waals surface area contributed by atoms with Gasteiger partial charge in [0.15, 0.2) is 5.82 Å². The van der Waals surface area contributed by atoms with E-state index in [1.807, 2.05) is 11.8 Å². The molecule has 0 bridgehead atoms. The summed E-state index contributed by atoms with van der Waals surface area (Å²) in [5, 5.41) is 9.62. The Morgan fingerprint density at radius 3 is 2.87 bits per heavy atom. The number of aryl methyl sites for hydroxylation is 1. The number of rotatable bonds is 3. The average Bonchev–Trinajstić information content (AvgIpc) is 2.99. The highest BCUT2D eigenvalue weighted by Gasteiger charge is 2.27. The van der Waals surface area contributed by atoms with Gasteiger partial charge in [0.05, 0.1) is 12.6 Å². The van der Waals surface area contributed by atoms with Crippen LogP contribution in [0.1, 0.15) is 42.5 Å². The molecule has 6 nitrogen and oxygen atoms in total. The van der Waals surface area contributed by atoms with Gasteiger partial charge in [-0.1, -0.05) is 12.1 Å². The van der Waals surface area contributed by atoms with Gasteiger partial charge in [-0.05, 0) is 43.9 Å². The first-order chi connectivity index (χ1) is 11.1. The van der Waals surface area contributed by atoms with Gasteiger partial charge in [-0.3, -0.25) is 5.10 Å². The third kappa shape index (κ3) is 3.67. The lowest BCUT2D eigenvalue weighted by Gasteiger charge is -2.36. The molecule has 1 aliphatic rings. The van der Waals surface area contributed by atoms with E-state index in [2.05, 4.69) is 20.5 Å². The molecular weight excluding hydrogens is 297 g/mol. The number of benzene rings is 1. The number of nitrogens with zero attached hydrogens (tertiary/aromatic N) is 3. The Bertz CT molecular complexity index is 669. The van der Waals surface area contributed by atoms with Crippen LogP contribution in [0.5, 0.6) is 0 Å². The minimum absolute atomic E-state index is 0.0155. The molecule has 122 valence electrons. The van der Waals surface area contributed by atoms with E-state index in [4.69, 9.17) is 0 Å². The largest absolute Gasteiger partial charge is 0.331 e. The molecule has 23 heavy (non-hydrogen) atoms. The molecule has 7 heteroatoms. The van der Waals surface area contributed by atoms with E-state index in [0.717, 1.165) is 30.7 Å². The molecule has 0 aliphatic carbocycles. The number of urea groups is 1. The summed E-state index contributed by atoms with van der Waals surface area (Å²) in [6.45, 7) is 2.80. The normalized spacial score (nSPS) is 18.0. The SMILES string of the molecule is Cc1nc(CNC(=O)N2CCCC[C@H]2c2ccc(F)cc2)n[nH]1. The first kappa shape index (κ1) is 15.5. The van der Waals surface area contributed by atoms with E-state index < -0.39 is 0 Å². The number of piperidine rings is 1. The van der Waals surface area contributed by atoms with Crippen LogP contribution in [0, 0.1) is 12.7 Å². The fourth-order valence-corrected chi connectivity index (χ4v) is 2.93. The van der Waals surface area contributed by atoms with Gasteiger partial charge in [-0.15, -0.1) is 0 Å². The number of carbonyl (C=O) groups excluding carboxylic acids is 1. The second kappa shape index (κ2) is 6.76.